The van der Waals surface area contributed by atoms with E-state index in [9.17, 15) is 9.50 Å². The summed E-state index contributed by atoms with van der Waals surface area (Å²) < 4.78 is 13.8. The van der Waals surface area contributed by atoms with Crippen LogP contribution < -0.4 is 4.90 Å². The molecule has 3 unspecified atom stereocenters. The summed E-state index contributed by atoms with van der Waals surface area (Å²) in [4.78, 5) is 2.34. The number of aliphatic hydroxyl groups excluding tert-OH is 1. The van der Waals surface area contributed by atoms with Crippen LogP contribution in [0.15, 0.2) is 12.1 Å². The maximum Gasteiger partial charge on any atom is 0.126 e. The van der Waals surface area contributed by atoms with Crippen LogP contribution in [-0.4, -0.2) is 17.7 Å². The van der Waals surface area contributed by atoms with Gasteiger partial charge in [-0.15, -0.1) is 0 Å². The molecule has 2 nitrogen and oxygen atoms in total. The first kappa shape index (κ1) is 15.3. The molecule has 0 spiro atoms. The van der Waals surface area contributed by atoms with Crippen molar-refractivity contribution in [2.45, 2.75) is 53.2 Å². The van der Waals surface area contributed by atoms with Crippen LogP contribution >= 0.6 is 0 Å². The van der Waals surface area contributed by atoms with E-state index in [1.54, 1.807) is 13.8 Å². The van der Waals surface area contributed by atoms with Crippen molar-refractivity contribution in [3.05, 3.63) is 29.1 Å². The number of benzene rings is 1. The van der Waals surface area contributed by atoms with Gasteiger partial charge in [-0.3, -0.25) is 0 Å². The number of aliphatic hydroxyl groups is 1. The van der Waals surface area contributed by atoms with Crippen LogP contribution in [0, 0.1) is 24.6 Å². The highest BCUT2D eigenvalue weighted by Crippen LogP contribution is 2.36. The van der Waals surface area contributed by atoms with E-state index in [1.165, 1.54) is 12.5 Å². The van der Waals surface area contributed by atoms with E-state index in [0.29, 0.717) is 29.0 Å². The van der Waals surface area contributed by atoms with Crippen molar-refractivity contribution >= 4 is 5.69 Å². The molecule has 1 N–H and O–H groups in total. The van der Waals surface area contributed by atoms with Crippen molar-refractivity contribution in [3.8, 4) is 0 Å². The molecule has 0 saturated carbocycles. The highest BCUT2D eigenvalue weighted by atomic mass is 19.1. The van der Waals surface area contributed by atoms with Crippen LogP contribution in [0.2, 0.25) is 0 Å². The summed E-state index contributed by atoms with van der Waals surface area (Å²) in [5, 5.41) is 9.98. The second kappa shape index (κ2) is 5.72. The molecule has 3 heteroatoms. The van der Waals surface area contributed by atoms with Crippen LogP contribution in [0.5, 0.6) is 0 Å². The largest absolute Gasteiger partial charge is 0.389 e. The zero-order valence-electron chi connectivity index (χ0n) is 13.2. The van der Waals surface area contributed by atoms with Gasteiger partial charge in [0.15, 0.2) is 0 Å². The summed E-state index contributed by atoms with van der Waals surface area (Å²) in [6.07, 6.45) is 0.571. The highest BCUT2D eigenvalue weighted by molar-refractivity contribution is 5.58. The van der Waals surface area contributed by atoms with Gasteiger partial charge in [-0.2, -0.15) is 0 Å². The average molecular weight is 279 g/mol. The van der Waals surface area contributed by atoms with E-state index in [4.69, 9.17) is 0 Å². The number of nitrogens with zero attached hydrogens (tertiary/aromatic N) is 1. The molecule has 0 bridgehead atoms. The molecular formula is C17H26FNO. The Bertz CT molecular complexity index is 486. The molecular weight excluding hydrogens is 253 g/mol. The second-order valence-electron chi connectivity index (χ2n) is 6.55. The lowest BCUT2D eigenvalue weighted by Crippen LogP contribution is -2.46. The van der Waals surface area contributed by atoms with Gasteiger partial charge in [0.25, 0.3) is 0 Å². The van der Waals surface area contributed by atoms with Crippen molar-refractivity contribution in [2.75, 3.05) is 11.4 Å². The molecule has 0 aliphatic carbocycles. The Hall–Kier alpha value is -1.09. The third-order valence-electron chi connectivity index (χ3n) is 4.67. The number of anilines is 1. The molecule has 1 saturated heterocycles. The lowest BCUT2D eigenvalue weighted by atomic mass is 9.85. The third kappa shape index (κ3) is 2.83. The molecule has 1 heterocycles. The maximum atomic E-state index is 13.8. The molecule has 1 fully saturated rings. The van der Waals surface area contributed by atoms with E-state index in [0.717, 1.165) is 12.2 Å². The molecule has 0 amide bonds. The monoisotopic (exact) mass is 279 g/mol. The summed E-state index contributed by atoms with van der Waals surface area (Å²) in [5.74, 6) is 0.981. The lowest BCUT2D eigenvalue weighted by molar-refractivity contribution is 0.198. The fourth-order valence-corrected chi connectivity index (χ4v) is 3.30. The Kier molecular flexibility index (Phi) is 4.38. The van der Waals surface area contributed by atoms with Gasteiger partial charge in [0, 0.05) is 23.8 Å². The predicted molar refractivity (Wildman–Crippen MR) is 81.5 cm³/mol. The summed E-state index contributed by atoms with van der Waals surface area (Å²) in [6, 6.07) is 3.79. The standard InChI is InChI=1S/C17H26FNO/c1-10-6-11(2)13(4)19(9-10)17-7-12(3)16(18)8-15(17)14(5)20/h7-8,10-11,13-14,20H,6,9H2,1-5H3/t10?,11?,13?,14-/m1/s1. The number of hydrogen-bond acceptors (Lipinski definition) is 2. The minimum absolute atomic E-state index is 0.240. The maximum absolute atomic E-state index is 13.8. The van der Waals surface area contributed by atoms with Gasteiger partial charge < -0.3 is 10.0 Å². The van der Waals surface area contributed by atoms with Crippen LogP contribution in [0.4, 0.5) is 10.1 Å². The first-order valence-corrected chi connectivity index (χ1v) is 7.56. The van der Waals surface area contributed by atoms with Gasteiger partial charge in [-0.25, -0.2) is 4.39 Å². The minimum atomic E-state index is -0.653. The Morgan fingerprint density at radius 1 is 1.30 bits per heavy atom. The first-order valence-electron chi connectivity index (χ1n) is 7.56. The molecule has 2 rings (SSSR count). The van der Waals surface area contributed by atoms with Crippen molar-refractivity contribution in [3.63, 3.8) is 0 Å². The van der Waals surface area contributed by atoms with E-state index in [1.807, 2.05) is 6.07 Å². The zero-order valence-corrected chi connectivity index (χ0v) is 13.2. The Labute approximate surface area is 121 Å². The Morgan fingerprint density at radius 3 is 2.55 bits per heavy atom. The topological polar surface area (TPSA) is 23.5 Å². The van der Waals surface area contributed by atoms with Crippen LogP contribution in [0.3, 0.4) is 0 Å². The third-order valence-corrected chi connectivity index (χ3v) is 4.67. The van der Waals surface area contributed by atoms with Gasteiger partial charge >= 0.3 is 0 Å². The van der Waals surface area contributed by atoms with E-state index >= 15 is 0 Å². The van der Waals surface area contributed by atoms with E-state index in [-0.39, 0.29) is 5.82 Å². The predicted octanol–water partition coefficient (Wildman–Crippen LogP) is 4.06. The van der Waals surface area contributed by atoms with Crippen molar-refractivity contribution < 1.29 is 9.50 Å². The molecule has 112 valence electrons. The van der Waals surface area contributed by atoms with Gasteiger partial charge in [0.2, 0.25) is 0 Å². The van der Waals surface area contributed by atoms with Crippen molar-refractivity contribution in [1.29, 1.82) is 0 Å². The smallest absolute Gasteiger partial charge is 0.126 e. The Balaban J connectivity index is 2.47. The van der Waals surface area contributed by atoms with Gasteiger partial charge in [-0.05, 0) is 56.7 Å². The molecule has 20 heavy (non-hydrogen) atoms. The fourth-order valence-electron chi connectivity index (χ4n) is 3.30. The molecule has 0 aromatic heterocycles. The molecule has 1 aromatic carbocycles. The SMILES string of the molecule is Cc1cc(N2CC(C)CC(C)C2C)c([C@@H](C)O)cc1F. The molecule has 4 atom stereocenters. The van der Waals surface area contributed by atoms with Gasteiger partial charge in [0.05, 0.1) is 6.10 Å². The van der Waals surface area contributed by atoms with Crippen LogP contribution in [-0.2, 0) is 0 Å². The van der Waals surface area contributed by atoms with Gasteiger partial charge in [0.1, 0.15) is 5.82 Å². The normalized spacial score (nSPS) is 28.6. The fraction of sp³-hybridized carbons (Fsp3) is 0.647. The number of hydrogen-bond donors (Lipinski definition) is 1. The number of aryl methyl sites for hydroxylation is 1. The van der Waals surface area contributed by atoms with Crippen molar-refractivity contribution in [2.24, 2.45) is 11.8 Å². The van der Waals surface area contributed by atoms with E-state index < -0.39 is 6.10 Å². The molecule has 1 aromatic rings. The first-order chi connectivity index (χ1) is 9.31. The van der Waals surface area contributed by atoms with Crippen LogP contribution in [0.1, 0.15) is 51.3 Å². The summed E-state index contributed by atoms with van der Waals surface area (Å²) in [7, 11) is 0. The quantitative estimate of drug-likeness (QED) is 0.882. The summed E-state index contributed by atoms with van der Waals surface area (Å²) in [5.41, 5.74) is 2.33. The number of halogens is 1. The second-order valence-corrected chi connectivity index (χ2v) is 6.55. The molecule has 1 aliphatic rings. The number of piperidine rings is 1. The Morgan fingerprint density at radius 2 is 1.95 bits per heavy atom. The van der Waals surface area contributed by atoms with E-state index in [2.05, 4.69) is 25.7 Å². The van der Waals surface area contributed by atoms with Gasteiger partial charge in [-0.1, -0.05) is 13.8 Å². The molecule has 1 aliphatic heterocycles. The summed E-state index contributed by atoms with van der Waals surface area (Å²) in [6.45, 7) is 11.2. The van der Waals surface area contributed by atoms with Crippen molar-refractivity contribution in [1.82, 2.24) is 0 Å². The lowest BCUT2D eigenvalue weighted by Gasteiger charge is -2.43. The average Bonchev–Trinajstić information content (AvgIpc) is 2.36. The minimum Gasteiger partial charge on any atom is -0.389 e. The molecule has 0 radical (unpaired) electrons. The van der Waals surface area contributed by atoms with Crippen LogP contribution in [0.25, 0.3) is 0 Å². The summed E-state index contributed by atoms with van der Waals surface area (Å²) >= 11 is 0. The number of rotatable bonds is 2. The zero-order chi connectivity index (χ0) is 15.0. The highest BCUT2D eigenvalue weighted by Gasteiger charge is 2.31.